The van der Waals surface area contributed by atoms with Crippen LogP contribution in [0.4, 0.5) is 4.79 Å². The molecular formula is C24H32N4O3. The minimum absolute atomic E-state index is 0.0265. The second-order valence-electron chi connectivity index (χ2n) is 8.98. The van der Waals surface area contributed by atoms with Gasteiger partial charge in [-0.2, -0.15) is 5.10 Å². The van der Waals surface area contributed by atoms with E-state index in [4.69, 9.17) is 9.84 Å². The molecule has 0 atom stereocenters. The van der Waals surface area contributed by atoms with Crippen LogP contribution < -0.4 is 0 Å². The van der Waals surface area contributed by atoms with E-state index in [2.05, 4.69) is 31.2 Å². The summed E-state index contributed by atoms with van der Waals surface area (Å²) in [5, 5.41) is 4.76. The molecule has 7 heteroatoms. The predicted octanol–water partition coefficient (Wildman–Crippen LogP) is 3.61. The van der Waals surface area contributed by atoms with Gasteiger partial charge in [0.05, 0.1) is 12.3 Å². The highest BCUT2D eigenvalue weighted by atomic mass is 16.6. The molecular weight excluding hydrogens is 392 g/mol. The summed E-state index contributed by atoms with van der Waals surface area (Å²) >= 11 is 0. The first-order valence-corrected chi connectivity index (χ1v) is 11.3. The molecule has 7 nitrogen and oxygen atoms in total. The largest absolute Gasteiger partial charge is 0.449 e. The Morgan fingerprint density at radius 3 is 2.45 bits per heavy atom. The number of ether oxygens (including phenoxy) is 1. The third kappa shape index (κ3) is 4.60. The van der Waals surface area contributed by atoms with Crippen molar-refractivity contribution in [2.75, 3.05) is 32.8 Å². The van der Waals surface area contributed by atoms with E-state index < -0.39 is 0 Å². The van der Waals surface area contributed by atoms with Gasteiger partial charge < -0.3 is 14.5 Å². The SMILES string of the molecule is Cc1ccc(-n2nc(C(=O)N3CCCN(C(=O)OCC(C)C)CC3)c3c2CCC3)cc1. The fourth-order valence-electron chi connectivity index (χ4n) is 4.29. The molecule has 2 amide bonds. The summed E-state index contributed by atoms with van der Waals surface area (Å²) in [7, 11) is 0. The van der Waals surface area contributed by atoms with Crippen molar-refractivity contribution in [3.63, 3.8) is 0 Å². The molecule has 0 unspecified atom stereocenters. The molecule has 1 saturated heterocycles. The molecule has 1 aliphatic carbocycles. The average Bonchev–Trinajstić information content (AvgIpc) is 3.27. The van der Waals surface area contributed by atoms with E-state index in [0.717, 1.165) is 42.6 Å². The lowest BCUT2D eigenvalue weighted by molar-refractivity contribution is 0.0739. The van der Waals surface area contributed by atoms with Crippen molar-refractivity contribution < 1.29 is 14.3 Å². The maximum Gasteiger partial charge on any atom is 0.409 e. The molecule has 0 bridgehead atoms. The van der Waals surface area contributed by atoms with Gasteiger partial charge in [0, 0.05) is 37.4 Å². The van der Waals surface area contributed by atoms with Crippen LogP contribution in [-0.4, -0.2) is 64.4 Å². The molecule has 0 spiro atoms. The standard InChI is InChI=1S/C24H32N4O3/c1-17(2)16-31-24(30)27-13-5-12-26(14-15-27)23(29)22-20-6-4-7-21(20)28(25-22)19-10-8-18(3)9-11-19/h8-11,17H,4-7,12-16H2,1-3H3. The van der Waals surface area contributed by atoms with Crippen molar-refractivity contribution in [3.05, 3.63) is 46.8 Å². The number of aryl methyl sites for hydroxylation is 1. The third-order valence-corrected chi connectivity index (χ3v) is 5.99. The molecule has 0 saturated carbocycles. The average molecular weight is 425 g/mol. The lowest BCUT2D eigenvalue weighted by Crippen LogP contribution is -2.38. The summed E-state index contributed by atoms with van der Waals surface area (Å²) < 4.78 is 7.31. The Bertz CT molecular complexity index is 948. The molecule has 1 aliphatic heterocycles. The molecule has 2 aliphatic rings. The molecule has 1 aromatic heterocycles. The van der Waals surface area contributed by atoms with Crippen molar-refractivity contribution >= 4 is 12.0 Å². The number of carbonyl (C=O) groups excluding carboxylic acids is 2. The Hall–Kier alpha value is -2.83. The topological polar surface area (TPSA) is 67.7 Å². The predicted molar refractivity (Wildman–Crippen MR) is 119 cm³/mol. The van der Waals surface area contributed by atoms with E-state index >= 15 is 0 Å². The number of nitrogens with zero attached hydrogens (tertiary/aromatic N) is 4. The number of benzene rings is 1. The third-order valence-electron chi connectivity index (χ3n) is 5.99. The number of hydrogen-bond acceptors (Lipinski definition) is 4. The van der Waals surface area contributed by atoms with Gasteiger partial charge in [-0.15, -0.1) is 0 Å². The highest BCUT2D eigenvalue weighted by Crippen LogP contribution is 2.29. The van der Waals surface area contributed by atoms with Crippen LogP contribution in [-0.2, 0) is 17.6 Å². The van der Waals surface area contributed by atoms with Gasteiger partial charge in [-0.25, -0.2) is 9.48 Å². The van der Waals surface area contributed by atoms with Crippen LogP contribution in [0, 0.1) is 12.8 Å². The van der Waals surface area contributed by atoms with Gasteiger partial charge in [0.1, 0.15) is 0 Å². The first kappa shape index (κ1) is 21.4. The highest BCUT2D eigenvalue weighted by Gasteiger charge is 2.31. The van der Waals surface area contributed by atoms with Gasteiger partial charge in [0.25, 0.3) is 5.91 Å². The Labute approximate surface area is 184 Å². The normalized spacial score (nSPS) is 16.4. The van der Waals surface area contributed by atoms with Gasteiger partial charge in [-0.1, -0.05) is 31.5 Å². The van der Waals surface area contributed by atoms with Crippen molar-refractivity contribution in [1.82, 2.24) is 19.6 Å². The van der Waals surface area contributed by atoms with E-state index in [9.17, 15) is 9.59 Å². The molecule has 166 valence electrons. The Balaban J connectivity index is 1.49. The molecule has 2 heterocycles. The Morgan fingerprint density at radius 1 is 1.00 bits per heavy atom. The molecule has 2 aromatic rings. The zero-order valence-corrected chi connectivity index (χ0v) is 18.8. The fraction of sp³-hybridized carbons (Fsp3) is 0.542. The lowest BCUT2D eigenvalue weighted by Gasteiger charge is -2.22. The number of rotatable bonds is 4. The smallest absolute Gasteiger partial charge is 0.409 e. The number of aromatic nitrogens is 2. The molecule has 1 aromatic carbocycles. The summed E-state index contributed by atoms with van der Waals surface area (Å²) in [4.78, 5) is 29.3. The summed E-state index contributed by atoms with van der Waals surface area (Å²) in [6, 6.07) is 8.26. The van der Waals surface area contributed by atoms with Crippen LogP contribution in [0.25, 0.3) is 5.69 Å². The van der Waals surface area contributed by atoms with E-state index in [-0.39, 0.29) is 12.0 Å². The van der Waals surface area contributed by atoms with Crippen molar-refractivity contribution in [2.45, 2.75) is 46.5 Å². The maximum absolute atomic E-state index is 13.4. The van der Waals surface area contributed by atoms with Crippen LogP contribution >= 0.6 is 0 Å². The van der Waals surface area contributed by atoms with Gasteiger partial charge in [-0.3, -0.25) is 4.79 Å². The molecule has 0 N–H and O–H groups in total. The van der Waals surface area contributed by atoms with Crippen LogP contribution in [0.2, 0.25) is 0 Å². The van der Waals surface area contributed by atoms with E-state index in [1.807, 2.05) is 23.4 Å². The zero-order chi connectivity index (χ0) is 22.0. The second kappa shape index (κ2) is 9.12. The highest BCUT2D eigenvalue weighted by molar-refractivity contribution is 5.94. The number of hydrogen-bond donors (Lipinski definition) is 0. The minimum atomic E-state index is -0.285. The number of fused-ring (bicyclic) bond motifs is 1. The zero-order valence-electron chi connectivity index (χ0n) is 18.8. The van der Waals surface area contributed by atoms with Crippen molar-refractivity contribution in [3.8, 4) is 5.69 Å². The molecule has 4 rings (SSSR count). The van der Waals surface area contributed by atoms with Gasteiger partial charge in [0.2, 0.25) is 0 Å². The molecule has 0 radical (unpaired) electrons. The Morgan fingerprint density at radius 2 is 1.71 bits per heavy atom. The minimum Gasteiger partial charge on any atom is -0.449 e. The number of amides is 2. The van der Waals surface area contributed by atoms with Crippen LogP contribution in [0.1, 0.15) is 54.0 Å². The summed E-state index contributed by atoms with van der Waals surface area (Å²) in [6.07, 6.45) is 3.34. The van der Waals surface area contributed by atoms with Crippen molar-refractivity contribution in [2.24, 2.45) is 5.92 Å². The fourth-order valence-corrected chi connectivity index (χ4v) is 4.29. The van der Waals surface area contributed by atoms with E-state index in [1.54, 1.807) is 4.90 Å². The lowest BCUT2D eigenvalue weighted by atomic mass is 10.1. The van der Waals surface area contributed by atoms with Gasteiger partial charge in [0.15, 0.2) is 5.69 Å². The number of carbonyl (C=O) groups is 2. The van der Waals surface area contributed by atoms with Gasteiger partial charge >= 0.3 is 6.09 Å². The maximum atomic E-state index is 13.4. The van der Waals surface area contributed by atoms with Crippen molar-refractivity contribution in [1.29, 1.82) is 0 Å². The summed E-state index contributed by atoms with van der Waals surface area (Å²) in [5.41, 5.74) is 5.01. The molecule has 1 fully saturated rings. The van der Waals surface area contributed by atoms with Crippen LogP contribution in [0.5, 0.6) is 0 Å². The Kier molecular flexibility index (Phi) is 6.30. The monoisotopic (exact) mass is 424 g/mol. The summed E-state index contributed by atoms with van der Waals surface area (Å²) in [5.74, 6) is 0.279. The second-order valence-corrected chi connectivity index (χ2v) is 8.98. The summed E-state index contributed by atoms with van der Waals surface area (Å²) in [6.45, 7) is 8.74. The van der Waals surface area contributed by atoms with Crippen LogP contribution in [0.3, 0.4) is 0 Å². The van der Waals surface area contributed by atoms with E-state index in [1.165, 1.54) is 5.56 Å². The first-order valence-electron chi connectivity index (χ1n) is 11.3. The first-order chi connectivity index (χ1) is 14.9. The van der Waals surface area contributed by atoms with Crippen LogP contribution in [0.15, 0.2) is 24.3 Å². The molecule has 31 heavy (non-hydrogen) atoms. The van der Waals surface area contributed by atoms with Gasteiger partial charge in [-0.05, 0) is 50.7 Å². The van der Waals surface area contributed by atoms with E-state index in [0.29, 0.717) is 44.4 Å². The quantitative estimate of drug-likeness (QED) is 0.752.